The zero-order valence-corrected chi connectivity index (χ0v) is 21.2. The summed E-state index contributed by atoms with van der Waals surface area (Å²) in [6.45, 7) is 4.33. The van der Waals surface area contributed by atoms with E-state index < -0.39 is 5.91 Å². The van der Waals surface area contributed by atoms with Crippen LogP contribution in [0.15, 0.2) is 83.4 Å². The molecule has 0 spiro atoms. The summed E-state index contributed by atoms with van der Waals surface area (Å²) in [6, 6.07) is 19.6. The molecule has 0 bridgehead atoms. The molecule has 0 atom stereocenters. The molecule has 3 aromatic carbocycles. The van der Waals surface area contributed by atoms with Gasteiger partial charge in [0.05, 0.1) is 11.6 Å². The topological polar surface area (TPSA) is 80.6 Å². The SMILES string of the molecule is C=CCOc1c(Br)cc(/C=C(\C#N)C(=O)Nc2ccc(OCc3ccc(Cl)cc3)cc2)cc1OC. The minimum Gasteiger partial charge on any atom is -0.493 e. The highest BCUT2D eigenvalue weighted by Crippen LogP contribution is 2.37. The fourth-order valence-electron chi connectivity index (χ4n) is 3.00. The van der Waals surface area contributed by atoms with Crippen LogP contribution in [0.5, 0.6) is 17.2 Å². The molecule has 0 aliphatic rings. The predicted octanol–water partition coefficient (Wildman–Crippen LogP) is 6.80. The lowest BCUT2D eigenvalue weighted by molar-refractivity contribution is -0.112. The number of carbonyl (C=O) groups excluding carboxylic acids is 1. The van der Waals surface area contributed by atoms with Crippen LogP contribution in [-0.4, -0.2) is 19.6 Å². The van der Waals surface area contributed by atoms with Gasteiger partial charge in [-0.3, -0.25) is 4.79 Å². The number of methoxy groups -OCH3 is 1. The average molecular weight is 554 g/mol. The Morgan fingerprint density at radius 2 is 1.86 bits per heavy atom. The van der Waals surface area contributed by atoms with Crippen LogP contribution in [-0.2, 0) is 11.4 Å². The minimum absolute atomic E-state index is 0.0678. The Balaban J connectivity index is 1.68. The van der Waals surface area contributed by atoms with Gasteiger partial charge in [0.1, 0.15) is 30.6 Å². The average Bonchev–Trinajstić information content (AvgIpc) is 2.86. The number of nitrogens with zero attached hydrogens (tertiary/aromatic N) is 1. The highest BCUT2D eigenvalue weighted by atomic mass is 79.9. The molecule has 0 aliphatic carbocycles. The smallest absolute Gasteiger partial charge is 0.266 e. The molecule has 178 valence electrons. The molecule has 8 heteroatoms. The van der Waals surface area contributed by atoms with Gasteiger partial charge in [0.15, 0.2) is 11.5 Å². The van der Waals surface area contributed by atoms with E-state index in [4.69, 9.17) is 25.8 Å². The molecule has 3 rings (SSSR count). The normalized spacial score (nSPS) is 10.7. The van der Waals surface area contributed by atoms with E-state index in [1.54, 1.807) is 54.6 Å². The van der Waals surface area contributed by atoms with E-state index in [-0.39, 0.29) is 5.57 Å². The van der Waals surface area contributed by atoms with Crippen molar-refractivity contribution in [2.24, 2.45) is 0 Å². The zero-order valence-electron chi connectivity index (χ0n) is 18.9. The summed E-state index contributed by atoms with van der Waals surface area (Å²) in [6.07, 6.45) is 3.10. The van der Waals surface area contributed by atoms with E-state index in [1.807, 2.05) is 18.2 Å². The van der Waals surface area contributed by atoms with Crippen molar-refractivity contribution in [3.63, 3.8) is 0 Å². The number of nitrogens with one attached hydrogen (secondary N) is 1. The number of hydrogen-bond acceptors (Lipinski definition) is 5. The number of anilines is 1. The fourth-order valence-corrected chi connectivity index (χ4v) is 3.70. The lowest BCUT2D eigenvalue weighted by Gasteiger charge is -2.12. The maximum absolute atomic E-state index is 12.7. The number of ether oxygens (including phenoxy) is 3. The summed E-state index contributed by atoms with van der Waals surface area (Å²) in [5.74, 6) is 1.07. The first-order chi connectivity index (χ1) is 16.9. The molecule has 0 heterocycles. The Morgan fingerprint density at radius 1 is 1.14 bits per heavy atom. The monoisotopic (exact) mass is 552 g/mol. The first-order valence-electron chi connectivity index (χ1n) is 10.4. The number of rotatable bonds is 10. The van der Waals surface area contributed by atoms with Gasteiger partial charge in [-0.15, -0.1) is 0 Å². The first kappa shape index (κ1) is 25.9. The summed E-state index contributed by atoms with van der Waals surface area (Å²) in [7, 11) is 1.51. The van der Waals surface area contributed by atoms with Gasteiger partial charge in [0, 0.05) is 10.7 Å². The number of amides is 1. The summed E-state index contributed by atoms with van der Waals surface area (Å²) in [4.78, 5) is 12.7. The maximum Gasteiger partial charge on any atom is 0.266 e. The quantitative estimate of drug-likeness (QED) is 0.170. The molecule has 35 heavy (non-hydrogen) atoms. The molecule has 6 nitrogen and oxygen atoms in total. The first-order valence-corrected chi connectivity index (χ1v) is 11.6. The molecule has 0 unspecified atom stereocenters. The summed E-state index contributed by atoms with van der Waals surface area (Å²) >= 11 is 9.33. The largest absolute Gasteiger partial charge is 0.493 e. The molecule has 0 saturated carbocycles. The van der Waals surface area contributed by atoms with Crippen molar-refractivity contribution < 1.29 is 19.0 Å². The number of nitriles is 1. The van der Waals surface area contributed by atoms with Crippen LogP contribution in [0.2, 0.25) is 5.02 Å². The van der Waals surface area contributed by atoms with E-state index in [0.717, 1.165) is 5.56 Å². The van der Waals surface area contributed by atoms with Gasteiger partial charge in [0.2, 0.25) is 0 Å². The van der Waals surface area contributed by atoms with Gasteiger partial charge in [-0.05, 0) is 81.7 Å². The van der Waals surface area contributed by atoms with Gasteiger partial charge >= 0.3 is 0 Å². The molecule has 0 fully saturated rings. The van der Waals surface area contributed by atoms with Crippen molar-refractivity contribution in [3.8, 4) is 23.3 Å². The Labute approximate surface area is 217 Å². The van der Waals surface area contributed by atoms with Crippen LogP contribution in [0.3, 0.4) is 0 Å². The lowest BCUT2D eigenvalue weighted by Crippen LogP contribution is -2.13. The molecular weight excluding hydrogens is 532 g/mol. The van der Waals surface area contributed by atoms with Crippen LogP contribution in [0.4, 0.5) is 5.69 Å². The molecule has 0 aromatic heterocycles. The Hall–Kier alpha value is -3.73. The molecule has 0 aliphatic heterocycles. The van der Waals surface area contributed by atoms with Crippen molar-refractivity contribution in [2.45, 2.75) is 6.61 Å². The molecule has 3 aromatic rings. The van der Waals surface area contributed by atoms with Crippen LogP contribution in [0.25, 0.3) is 6.08 Å². The molecule has 1 amide bonds. The van der Waals surface area contributed by atoms with Crippen molar-refractivity contribution in [1.82, 2.24) is 0 Å². The van der Waals surface area contributed by atoms with Crippen molar-refractivity contribution >= 4 is 45.2 Å². The van der Waals surface area contributed by atoms with Crippen LogP contribution >= 0.6 is 27.5 Å². The van der Waals surface area contributed by atoms with Crippen LogP contribution < -0.4 is 19.5 Å². The second kappa shape index (κ2) is 12.7. The Morgan fingerprint density at radius 3 is 2.49 bits per heavy atom. The standard InChI is InChI=1S/C27H22BrClN2O4/c1-3-12-34-26-24(28)14-19(15-25(26)33-2)13-20(16-30)27(32)31-22-8-10-23(11-9-22)35-17-18-4-6-21(29)7-5-18/h3-11,13-15H,1,12,17H2,2H3,(H,31,32)/b20-13+. The molecule has 0 radical (unpaired) electrons. The second-order valence-corrected chi connectivity index (χ2v) is 8.49. The number of carbonyl (C=O) groups is 1. The van der Waals surface area contributed by atoms with Gasteiger partial charge in [-0.1, -0.05) is 36.4 Å². The Kier molecular flexibility index (Phi) is 9.36. The molecule has 0 saturated heterocycles. The molecular formula is C27H22BrClN2O4. The van der Waals surface area contributed by atoms with Crippen molar-refractivity contribution in [1.29, 1.82) is 5.26 Å². The third-order valence-corrected chi connectivity index (χ3v) is 5.55. The third-order valence-electron chi connectivity index (χ3n) is 4.70. The van der Waals surface area contributed by atoms with Gasteiger partial charge in [0.25, 0.3) is 5.91 Å². The van der Waals surface area contributed by atoms with Crippen molar-refractivity contribution in [2.75, 3.05) is 19.0 Å². The summed E-state index contributed by atoms with van der Waals surface area (Å²) < 4.78 is 17.4. The van der Waals surface area contributed by atoms with Crippen LogP contribution in [0, 0.1) is 11.3 Å². The van der Waals surface area contributed by atoms with Crippen LogP contribution in [0.1, 0.15) is 11.1 Å². The Bertz CT molecular complexity index is 1270. The summed E-state index contributed by atoms with van der Waals surface area (Å²) in [5.41, 5.74) is 2.04. The van der Waals surface area contributed by atoms with Gasteiger partial charge < -0.3 is 19.5 Å². The van der Waals surface area contributed by atoms with E-state index >= 15 is 0 Å². The van der Waals surface area contributed by atoms with Gasteiger partial charge in [-0.25, -0.2) is 0 Å². The second-order valence-electron chi connectivity index (χ2n) is 7.20. The molecule has 1 N–H and O–H groups in total. The van der Waals surface area contributed by atoms with E-state index in [1.165, 1.54) is 13.2 Å². The number of halogens is 2. The van der Waals surface area contributed by atoms with E-state index in [2.05, 4.69) is 27.8 Å². The third kappa shape index (κ3) is 7.38. The highest BCUT2D eigenvalue weighted by molar-refractivity contribution is 9.10. The van der Waals surface area contributed by atoms with E-state index in [0.29, 0.717) is 51.2 Å². The fraction of sp³-hybridized carbons (Fsp3) is 0.111. The number of hydrogen-bond donors (Lipinski definition) is 1. The van der Waals surface area contributed by atoms with E-state index in [9.17, 15) is 10.1 Å². The zero-order chi connectivity index (χ0) is 25.2. The lowest BCUT2D eigenvalue weighted by atomic mass is 10.1. The minimum atomic E-state index is -0.538. The maximum atomic E-state index is 12.7. The van der Waals surface area contributed by atoms with Crippen molar-refractivity contribution in [3.05, 3.63) is 99.5 Å². The summed E-state index contributed by atoms with van der Waals surface area (Å²) in [5, 5.41) is 12.9. The van der Waals surface area contributed by atoms with Gasteiger partial charge in [-0.2, -0.15) is 5.26 Å². The number of benzene rings is 3. The predicted molar refractivity (Wildman–Crippen MR) is 141 cm³/mol. The highest BCUT2D eigenvalue weighted by Gasteiger charge is 2.14.